The lowest BCUT2D eigenvalue weighted by atomic mass is 9.77. The van der Waals surface area contributed by atoms with E-state index in [1.54, 1.807) is 0 Å². The number of carbonyl (C=O) groups is 1. The molecule has 16 heavy (non-hydrogen) atoms. The van der Waals surface area contributed by atoms with Crippen LogP contribution in [0.3, 0.4) is 0 Å². The molecule has 1 N–H and O–H groups in total. The average Bonchev–Trinajstić information content (AvgIpc) is 2.26. The summed E-state index contributed by atoms with van der Waals surface area (Å²) in [7, 11) is 0. The van der Waals surface area contributed by atoms with E-state index >= 15 is 0 Å². The van der Waals surface area contributed by atoms with Gasteiger partial charge in [-0.25, -0.2) is 0 Å². The van der Waals surface area contributed by atoms with Gasteiger partial charge in [0, 0.05) is 0 Å². The highest BCUT2D eigenvalue weighted by Crippen LogP contribution is 2.30. The summed E-state index contributed by atoms with van der Waals surface area (Å²) < 4.78 is 0. The van der Waals surface area contributed by atoms with Crippen LogP contribution in [-0.2, 0) is 10.2 Å². The molecule has 1 atom stereocenters. The van der Waals surface area contributed by atoms with E-state index in [0.29, 0.717) is 12.3 Å². The molecule has 1 rings (SSSR count). The molecular weight excluding hydrogens is 200 g/mol. The minimum absolute atomic E-state index is 0.530. The van der Waals surface area contributed by atoms with Gasteiger partial charge >= 0.3 is 5.97 Å². The molecular formula is C14H20O2. The molecule has 0 radical (unpaired) electrons. The number of carboxylic acid groups (broad SMARTS) is 1. The molecule has 0 aliphatic carbocycles. The van der Waals surface area contributed by atoms with Gasteiger partial charge in [-0.2, -0.15) is 0 Å². The molecule has 0 saturated carbocycles. The molecule has 88 valence electrons. The third-order valence-corrected chi connectivity index (χ3v) is 3.10. The molecule has 0 saturated heterocycles. The highest BCUT2D eigenvalue weighted by Gasteiger charge is 2.34. The number of hydrogen-bond donors (Lipinski definition) is 1. The van der Waals surface area contributed by atoms with Crippen molar-refractivity contribution < 1.29 is 9.90 Å². The van der Waals surface area contributed by atoms with Crippen molar-refractivity contribution in [2.24, 2.45) is 5.92 Å². The Morgan fingerprint density at radius 1 is 1.31 bits per heavy atom. The number of hydrogen-bond acceptors (Lipinski definition) is 1. The minimum atomic E-state index is -0.758. The van der Waals surface area contributed by atoms with Crippen LogP contribution in [0, 0.1) is 5.92 Å². The van der Waals surface area contributed by atoms with Gasteiger partial charge in [0.05, 0.1) is 5.41 Å². The van der Waals surface area contributed by atoms with Gasteiger partial charge in [0.2, 0.25) is 0 Å². The van der Waals surface area contributed by atoms with Crippen molar-refractivity contribution in [3.05, 3.63) is 35.9 Å². The zero-order valence-electron chi connectivity index (χ0n) is 10.2. The molecule has 1 aromatic carbocycles. The maximum atomic E-state index is 11.4. The van der Waals surface area contributed by atoms with Gasteiger partial charge in [0.1, 0.15) is 0 Å². The lowest BCUT2D eigenvalue weighted by Gasteiger charge is -2.26. The summed E-state index contributed by atoms with van der Waals surface area (Å²) in [4.78, 5) is 11.4. The van der Waals surface area contributed by atoms with Gasteiger partial charge in [0.25, 0.3) is 0 Å². The van der Waals surface area contributed by atoms with Gasteiger partial charge in [0.15, 0.2) is 0 Å². The number of benzene rings is 1. The molecule has 0 fully saturated rings. The Kier molecular flexibility index (Phi) is 4.11. The number of carboxylic acids is 1. The Labute approximate surface area is 97.3 Å². The van der Waals surface area contributed by atoms with Crippen molar-refractivity contribution in [3.8, 4) is 0 Å². The first-order valence-corrected chi connectivity index (χ1v) is 5.75. The topological polar surface area (TPSA) is 37.3 Å². The SMILES string of the molecule is CC(C)CCC(C)(C(=O)O)c1ccccc1. The average molecular weight is 220 g/mol. The molecule has 2 nitrogen and oxygen atoms in total. The quantitative estimate of drug-likeness (QED) is 0.825. The van der Waals surface area contributed by atoms with E-state index in [-0.39, 0.29) is 0 Å². The molecule has 0 aromatic heterocycles. The molecule has 1 unspecified atom stereocenters. The molecule has 0 heterocycles. The Morgan fingerprint density at radius 3 is 2.31 bits per heavy atom. The summed E-state index contributed by atoms with van der Waals surface area (Å²) in [5.74, 6) is -0.207. The third kappa shape index (κ3) is 2.84. The summed E-state index contributed by atoms with van der Waals surface area (Å²) in [6.07, 6.45) is 1.61. The van der Waals surface area contributed by atoms with Gasteiger partial charge < -0.3 is 5.11 Å². The van der Waals surface area contributed by atoms with E-state index in [4.69, 9.17) is 0 Å². The molecule has 0 amide bonds. The zero-order valence-corrected chi connectivity index (χ0v) is 10.2. The Bertz CT molecular complexity index is 343. The van der Waals surface area contributed by atoms with E-state index in [9.17, 15) is 9.90 Å². The lowest BCUT2D eigenvalue weighted by molar-refractivity contribution is -0.143. The highest BCUT2D eigenvalue weighted by molar-refractivity contribution is 5.80. The van der Waals surface area contributed by atoms with Gasteiger partial charge in [-0.05, 0) is 31.2 Å². The molecule has 0 aliphatic heterocycles. The predicted octanol–water partition coefficient (Wildman–Crippen LogP) is 3.47. The smallest absolute Gasteiger partial charge is 0.313 e. The van der Waals surface area contributed by atoms with Crippen LogP contribution in [0.1, 0.15) is 39.2 Å². The molecule has 2 heteroatoms. The van der Waals surface area contributed by atoms with E-state index in [1.165, 1.54) is 0 Å². The second-order valence-electron chi connectivity index (χ2n) is 4.94. The third-order valence-electron chi connectivity index (χ3n) is 3.10. The summed E-state index contributed by atoms with van der Waals surface area (Å²) >= 11 is 0. The Morgan fingerprint density at radius 2 is 1.88 bits per heavy atom. The maximum Gasteiger partial charge on any atom is 0.313 e. The first-order chi connectivity index (χ1) is 7.47. The van der Waals surface area contributed by atoms with Gasteiger partial charge in [-0.3, -0.25) is 4.79 Å². The van der Waals surface area contributed by atoms with Crippen LogP contribution in [0.2, 0.25) is 0 Å². The monoisotopic (exact) mass is 220 g/mol. The fourth-order valence-electron chi connectivity index (χ4n) is 1.76. The predicted molar refractivity (Wildman–Crippen MR) is 65.5 cm³/mol. The first-order valence-electron chi connectivity index (χ1n) is 5.75. The van der Waals surface area contributed by atoms with E-state index < -0.39 is 11.4 Å². The van der Waals surface area contributed by atoms with Crippen LogP contribution in [0.4, 0.5) is 0 Å². The summed E-state index contributed by atoms with van der Waals surface area (Å²) in [6.45, 7) is 6.05. The van der Waals surface area contributed by atoms with Crippen molar-refractivity contribution in [2.45, 2.75) is 39.0 Å². The molecule has 0 spiro atoms. The Balaban J connectivity index is 2.93. The number of rotatable bonds is 5. The molecule has 0 aliphatic rings. The standard InChI is InChI=1S/C14H20O2/c1-11(2)9-10-14(3,13(15)16)12-7-5-4-6-8-12/h4-8,11H,9-10H2,1-3H3,(H,15,16). The Hall–Kier alpha value is -1.31. The molecule has 1 aromatic rings. The summed E-state index contributed by atoms with van der Waals surface area (Å²) in [5.41, 5.74) is 0.133. The van der Waals surface area contributed by atoms with E-state index in [2.05, 4.69) is 13.8 Å². The fraction of sp³-hybridized carbons (Fsp3) is 0.500. The van der Waals surface area contributed by atoms with Crippen LogP contribution in [-0.4, -0.2) is 11.1 Å². The zero-order chi connectivity index (χ0) is 12.2. The maximum absolute atomic E-state index is 11.4. The first kappa shape index (κ1) is 12.8. The highest BCUT2D eigenvalue weighted by atomic mass is 16.4. The van der Waals surface area contributed by atoms with Crippen molar-refractivity contribution >= 4 is 5.97 Å². The second-order valence-corrected chi connectivity index (χ2v) is 4.94. The van der Waals surface area contributed by atoms with Gasteiger partial charge in [-0.15, -0.1) is 0 Å². The second kappa shape index (κ2) is 5.15. The van der Waals surface area contributed by atoms with Crippen molar-refractivity contribution in [2.75, 3.05) is 0 Å². The molecule has 0 bridgehead atoms. The normalized spacial score (nSPS) is 14.8. The van der Waals surface area contributed by atoms with E-state index in [0.717, 1.165) is 12.0 Å². The van der Waals surface area contributed by atoms with Crippen LogP contribution < -0.4 is 0 Å². The lowest BCUT2D eigenvalue weighted by Crippen LogP contribution is -2.32. The van der Waals surface area contributed by atoms with Crippen LogP contribution >= 0.6 is 0 Å². The minimum Gasteiger partial charge on any atom is -0.481 e. The number of aliphatic carboxylic acids is 1. The van der Waals surface area contributed by atoms with Crippen molar-refractivity contribution in [1.29, 1.82) is 0 Å². The van der Waals surface area contributed by atoms with Crippen LogP contribution in [0.15, 0.2) is 30.3 Å². The van der Waals surface area contributed by atoms with Crippen molar-refractivity contribution in [1.82, 2.24) is 0 Å². The summed E-state index contributed by atoms with van der Waals surface area (Å²) in [6, 6.07) is 9.49. The fourth-order valence-corrected chi connectivity index (χ4v) is 1.76. The van der Waals surface area contributed by atoms with Gasteiger partial charge in [-0.1, -0.05) is 44.2 Å². The van der Waals surface area contributed by atoms with Crippen LogP contribution in [0.25, 0.3) is 0 Å². The van der Waals surface area contributed by atoms with E-state index in [1.807, 2.05) is 37.3 Å². The van der Waals surface area contributed by atoms with Crippen molar-refractivity contribution in [3.63, 3.8) is 0 Å². The van der Waals surface area contributed by atoms with Crippen LogP contribution in [0.5, 0.6) is 0 Å². The summed E-state index contributed by atoms with van der Waals surface area (Å²) in [5, 5.41) is 9.40. The largest absolute Gasteiger partial charge is 0.481 e.